The molecule has 4 aliphatic rings. The van der Waals surface area contributed by atoms with Crippen LogP contribution in [0.2, 0.25) is 0 Å². The summed E-state index contributed by atoms with van der Waals surface area (Å²) < 4.78 is 0. The Bertz CT molecular complexity index is 1470. The lowest BCUT2D eigenvalue weighted by Crippen LogP contribution is -2.39. The van der Waals surface area contributed by atoms with Crippen LogP contribution in [0.25, 0.3) is 0 Å². The SMILES string of the molecule is CC(C)c1ccc(N=C=S)cc1.CC(C)c1ccc(NC(=S)N2CCCN(C(=O)CC3CCCC3)CC2)cc1.O=C(CC1CCCC1)N1CCCNCC1. The van der Waals surface area contributed by atoms with Crippen molar-refractivity contribution in [1.82, 2.24) is 20.0 Å². The van der Waals surface area contributed by atoms with Gasteiger partial charge in [0.25, 0.3) is 0 Å². The fraction of sp³-hybridized carbons (Fsp3) is 0.636. The molecule has 2 saturated carbocycles. The highest BCUT2D eigenvalue weighted by Crippen LogP contribution is 2.29. The van der Waals surface area contributed by atoms with Crippen LogP contribution in [-0.4, -0.2) is 89.1 Å². The van der Waals surface area contributed by atoms with Gasteiger partial charge in [-0.05, 0) is 129 Å². The van der Waals surface area contributed by atoms with Gasteiger partial charge in [-0.2, -0.15) is 4.99 Å². The number of hydrogen-bond acceptors (Lipinski definition) is 6. The highest BCUT2D eigenvalue weighted by atomic mass is 32.1. The smallest absolute Gasteiger partial charge is 0.222 e. The molecule has 6 rings (SSSR count). The zero-order valence-electron chi connectivity index (χ0n) is 33.5. The van der Waals surface area contributed by atoms with Crippen LogP contribution < -0.4 is 10.6 Å². The average Bonchev–Trinajstić information content (AvgIpc) is 3.72. The molecule has 2 aromatic carbocycles. The number of benzene rings is 2. The number of carbonyl (C=O) groups excluding carboxylic acids is 2. The van der Waals surface area contributed by atoms with Gasteiger partial charge in [0.05, 0.1) is 10.8 Å². The molecule has 2 aliphatic heterocycles. The molecule has 2 N–H and O–H groups in total. The summed E-state index contributed by atoms with van der Waals surface area (Å²) in [4.78, 5) is 34.8. The van der Waals surface area contributed by atoms with E-state index in [0.29, 0.717) is 35.5 Å². The van der Waals surface area contributed by atoms with Crippen LogP contribution in [-0.2, 0) is 9.59 Å². The van der Waals surface area contributed by atoms with Crippen molar-refractivity contribution in [1.29, 1.82) is 0 Å². The molecule has 4 fully saturated rings. The van der Waals surface area contributed by atoms with E-state index in [-0.39, 0.29) is 0 Å². The Balaban J connectivity index is 0.000000202. The predicted molar refractivity (Wildman–Crippen MR) is 232 cm³/mol. The number of nitrogens with zero attached hydrogens (tertiary/aromatic N) is 4. The Hall–Kier alpha value is -3.17. The molecule has 0 radical (unpaired) electrons. The lowest BCUT2D eigenvalue weighted by Gasteiger charge is -2.25. The second-order valence-electron chi connectivity index (χ2n) is 16.1. The molecule has 0 aromatic heterocycles. The van der Waals surface area contributed by atoms with Crippen LogP contribution in [0.4, 0.5) is 11.4 Å². The number of isothiocyanates is 1. The molecule has 54 heavy (non-hydrogen) atoms. The molecule has 0 unspecified atom stereocenters. The van der Waals surface area contributed by atoms with Crippen molar-refractivity contribution >= 4 is 57.9 Å². The minimum atomic E-state index is 0.340. The second kappa shape index (κ2) is 23.7. The number of hydrogen-bond donors (Lipinski definition) is 2. The minimum Gasteiger partial charge on any atom is -0.347 e. The standard InChI is InChI=1S/C22H33N3OS.C12H22N2O.C10H11NS/c1-17(2)19-8-10-20(11-9-19)23-22(27)25-13-5-12-24(14-15-25)21(26)16-18-6-3-4-7-18;15-12(10-11-4-1-2-5-11)14-8-3-6-13-7-9-14;1-8(2)9-3-5-10(6-4-9)11-7-12/h8-11,17-18H,3-7,12-16H2,1-2H3,(H,23,27);11,13H,1-10H2;3-6,8H,1-2H3. The topological polar surface area (TPSA) is 80.3 Å². The molecule has 2 aliphatic carbocycles. The van der Waals surface area contributed by atoms with Crippen molar-refractivity contribution in [2.24, 2.45) is 16.8 Å². The molecule has 2 saturated heterocycles. The van der Waals surface area contributed by atoms with Crippen LogP contribution in [0, 0.1) is 11.8 Å². The average molecular weight is 775 g/mol. The highest BCUT2D eigenvalue weighted by molar-refractivity contribution is 7.80. The van der Waals surface area contributed by atoms with Gasteiger partial charge in [-0.25, -0.2) is 0 Å². The molecular formula is C44H66N6O2S2. The Morgan fingerprint density at radius 3 is 1.70 bits per heavy atom. The Kier molecular flexibility index (Phi) is 19.1. The summed E-state index contributed by atoms with van der Waals surface area (Å²) in [6, 6.07) is 16.5. The van der Waals surface area contributed by atoms with Crippen LogP contribution in [0.5, 0.6) is 0 Å². The molecular weight excluding hydrogens is 709 g/mol. The summed E-state index contributed by atoms with van der Waals surface area (Å²) in [5.41, 5.74) is 4.55. The Morgan fingerprint density at radius 1 is 0.685 bits per heavy atom. The van der Waals surface area contributed by atoms with Gasteiger partial charge in [-0.15, -0.1) is 0 Å². The van der Waals surface area contributed by atoms with Crippen molar-refractivity contribution in [3.63, 3.8) is 0 Å². The molecule has 2 amide bonds. The van der Waals surface area contributed by atoms with Crippen molar-refractivity contribution in [2.75, 3.05) is 57.7 Å². The number of thiocarbonyl (C=S) groups is 2. The first-order valence-corrected chi connectivity index (χ1v) is 21.5. The summed E-state index contributed by atoms with van der Waals surface area (Å²) >= 11 is 10.1. The largest absolute Gasteiger partial charge is 0.347 e. The molecule has 8 nitrogen and oxygen atoms in total. The summed E-state index contributed by atoms with van der Waals surface area (Å²) in [6.45, 7) is 16.0. The van der Waals surface area contributed by atoms with E-state index in [1.54, 1.807) is 0 Å². The van der Waals surface area contributed by atoms with Gasteiger partial charge >= 0.3 is 0 Å². The predicted octanol–water partition coefficient (Wildman–Crippen LogP) is 9.55. The van der Waals surface area contributed by atoms with Crippen LogP contribution in [0.3, 0.4) is 0 Å². The monoisotopic (exact) mass is 774 g/mol. The van der Waals surface area contributed by atoms with Crippen molar-refractivity contribution < 1.29 is 9.59 Å². The number of nitrogens with one attached hydrogen (secondary N) is 2. The maximum absolute atomic E-state index is 12.6. The van der Waals surface area contributed by atoms with Crippen molar-refractivity contribution in [3.8, 4) is 0 Å². The van der Waals surface area contributed by atoms with E-state index in [2.05, 4.69) is 112 Å². The number of aliphatic imine (C=N–C) groups is 1. The van der Waals surface area contributed by atoms with Gasteiger partial charge in [-0.3, -0.25) is 9.59 Å². The first-order valence-electron chi connectivity index (χ1n) is 20.7. The van der Waals surface area contributed by atoms with E-state index in [1.807, 2.05) is 12.1 Å². The number of amides is 2. The number of anilines is 1. The fourth-order valence-electron chi connectivity index (χ4n) is 7.79. The van der Waals surface area contributed by atoms with Gasteiger partial charge in [0.2, 0.25) is 11.8 Å². The third-order valence-electron chi connectivity index (χ3n) is 11.3. The third-order valence-corrected chi connectivity index (χ3v) is 11.7. The molecule has 296 valence electrons. The van der Waals surface area contributed by atoms with E-state index in [4.69, 9.17) is 12.2 Å². The highest BCUT2D eigenvalue weighted by Gasteiger charge is 2.25. The van der Waals surface area contributed by atoms with Gasteiger partial charge in [0, 0.05) is 64.3 Å². The van der Waals surface area contributed by atoms with E-state index >= 15 is 0 Å². The van der Waals surface area contributed by atoms with E-state index in [9.17, 15) is 9.59 Å². The van der Waals surface area contributed by atoms with E-state index < -0.39 is 0 Å². The van der Waals surface area contributed by atoms with Gasteiger partial charge in [0.1, 0.15) is 0 Å². The summed E-state index contributed by atoms with van der Waals surface area (Å²) in [5.74, 6) is 3.14. The molecule has 10 heteroatoms. The molecule has 0 atom stereocenters. The summed E-state index contributed by atoms with van der Waals surface area (Å²) in [5, 5.41) is 9.80. The number of carbonyl (C=O) groups is 2. The molecule has 2 heterocycles. The van der Waals surface area contributed by atoms with Gasteiger partial charge < -0.3 is 25.3 Å². The molecule has 2 aromatic rings. The zero-order chi connectivity index (χ0) is 38.7. The third kappa shape index (κ3) is 15.2. The lowest BCUT2D eigenvalue weighted by molar-refractivity contribution is -0.132. The van der Waals surface area contributed by atoms with Crippen LogP contribution in [0.1, 0.15) is 128 Å². The first kappa shape index (κ1) is 43.6. The Morgan fingerprint density at radius 2 is 1.17 bits per heavy atom. The fourth-order valence-corrected chi connectivity index (χ4v) is 8.19. The number of rotatable bonds is 8. The van der Waals surface area contributed by atoms with Crippen LogP contribution in [0.15, 0.2) is 53.5 Å². The minimum absolute atomic E-state index is 0.340. The molecule has 0 spiro atoms. The van der Waals surface area contributed by atoms with Gasteiger partial charge in [-0.1, -0.05) is 77.6 Å². The van der Waals surface area contributed by atoms with Crippen molar-refractivity contribution in [3.05, 3.63) is 59.7 Å². The second-order valence-corrected chi connectivity index (χ2v) is 16.6. The molecule has 0 bridgehead atoms. The van der Waals surface area contributed by atoms with E-state index in [0.717, 1.165) is 94.5 Å². The van der Waals surface area contributed by atoms with Gasteiger partial charge in [0.15, 0.2) is 5.11 Å². The Labute approximate surface area is 336 Å². The normalized spacial score (nSPS) is 18.1. The van der Waals surface area contributed by atoms with Crippen LogP contribution >= 0.6 is 24.4 Å². The lowest BCUT2D eigenvalue weighted by atomic mass is 10.0. The maximum atomic E-state index is 12.6. The maximum Gasteiger partial charge on any atom is 0.222 e. The van der Waals surface area contributed by atoms with Crippen molar-refractivity contribution in [2.45, 2.75) is 117 Å². The first-order chi connectivity index (χ1) is 26.1. The van der Waals surface area contributed by atoms with E-state index in [1.165, 1.54) is 62.5 Å². The quantitative estimate of drug-likeness (QED) is 0.204. The summed E-state index contributed by atoms with van der Waals surface area (Å²) in [6.07, 6.45) is 13.9. The zero-order valence-corrected chi connectivity index (χ0v) is 35.1. The summed E-state index contributed by atoms with van der Waals surface area (Å²) in [7, 11) is 0.